The predicted octanol–water partition coefficient (Wildman–Crippen LogP) is 3.78. The van der Waals surface area contributed by atoms with E-state index < -0.39 is 41.2 Å². The molecule has 3 N–H and O–H groups in total. The maximum Gasteiger partial charge on any atom is 0.325 e. The van der Waals surface area contributed by atoms with Crippen LogP contribution in [0.2, 0.25) is 0 Å². The molecule has 2 fully saturated rings. The van der Waals surface area contributed by atoms with Crippen LogP contribution in [0.1, 0.15) is 35.2 Å². The van der Waals surface area contributed by atoms with Crippen molar-refractivity contribution in [2.45, 2.75) is 38.3 Å². The lowest BCUT2D eigenvalue weighted by Crippen LogP contribution is -2.57. The molecule has 3 aromatic carbocycles. The van der Waals surface area contributed by atoms with Crippen LogP contribution in [0.5, 0.6) is 5.75 Å². The number of aliphatic carboxylic acids is 1. The van der Waals surface area contributed by atoms with Crippen LogP contribution in [0.4, 0.5) is 5.69 Å². The summed E-state index contributed by atoms with van der Waals surface area (Å²) in [6, 6.07) is 20.4. The third kappa shape index (κ3) is 3.67. The molecule has 2 saturated heterocycles. The van der Waals surface area contributed by atoms with E-state index in [0.717, 1.165) is 28.0 Å². The van der Waals surface area contributed by atoms with Crippen molar-refractivity contribution < 1.29 is 24.6 Å². The van der Waals surface area contributed by atoms with Gasteiger partial charge in [0.25, 0.3) is 0 Å². The van der Waals surface area contributed by atoms with E-state index in [0.29, 0.717) is 11.3 Å². The minimum absolute atomic E-state index is 0.0200. The lowest BCUT2D eigenvalue weighted by atomic mass is 9.76. The fraction of sp³-hybridized carbons (Fsp3) is 0.276. The van der Waals surface area contributed by atoms with E-state index in [2.05, 4.69) is 5.32 Å². The van der Waals surface area contributed by atoms with E-state index >= 15 is 0 Å². The minimum atomic E-state index is -1.71. The summed E-state index contributed by atoms with van der Waals surface area (Å²) in [4.78, 5) is 42.0. The van der Waals surface area contributed by atoms with Gasteiger partial charge in [-0.25, -0.2) is 4.90 Å². The maximum absolute atomic E-state index is 13.9. The third-order valence-corrected chi connectivity index (χ3v) is 7.58. The van der Waals surface area contributed by atoms with Crippen molar-refractivity contribution in [3.8, 4) is 5.75 Å². The number of fused-ring (bicyclic) bond motifs is 1. The Hall–Kier alpha value is -3.97. The molecule has 184 valence electrons. The molecule has 4 unspecified atom stereocenters. The fourth-order valence-electron chi connectivity index (χ4n) is 5.71. The van der Waals surface area contributed by atoms with Crippen molar-refractivity contribution in [2.75, 3.05) is 4.90 Å². The number of carbonyl (C=O) groups excluding carboxylic acids is 2. The van der Waals surface area contributed by atoms with Crippen LogP contribution < -0.4 is 10.2 Å². The number of imide groups is 1. The number of anilines is 1. The van der Waals surface area contributed by atoms with Crippen molar-refractivity contribution in [3.63, 3.8) is 0 Å². The highest BCUT2D eigenvalue weighted by atomic mass is 16.4. The molecule has 0 aliphatic carbocycles. The van der Waals surface area contributed by atoms with E-state index in [1.54, 1.807) is 24.3 Å². The summed E-state index contributed by atoms with van der Waals surface area (Å²) in [6.45, 7) is 3.93. The highest BCUT2D eigenvalue weighted by Gasteiger charge is 2.68. The van der Waals surface area contributed by atoms with E-state index in [4.69, 9.17) is 0 Å². The number of carboxylic acids is 1. The molecule has 0 radical (unpaired) electrons. The molecule has 2 amide bonds. The molecule has 7 nitrogen and oxygen atoms in total. The predicted molar refractivity (Wildman–Crippen MR) is 135 cm³/mol. The fourth-order valence-corrected chi connectivity index (χ4v) is 5.71. The number of aryl methyl sites for hydroxylation is 2. The summed E-state index contributed by atoms with van der Waals surface area (Å²) >= 11 is 0. The summed E-state index contributed by atoms with van der Waals surface area (Å²) in [5.74, 6) is -4.02. The average Bonchev–Trinajstić information content (AvgIpc) is 3.35. The number of nitrogens with one attached hydrogen (secondary N) is 1. The van der Waals surface area contributed by atoms with Gasteiger partial charge in [-0.1, -0.05) is 55.5 Å². The molecule has 5 rings (SSSR count). The largest absolute Gasteiger partial charge is 0.508 e. The summed E-state index contributed by atoms with van der Waals surface area (Å²) in [7, 11) is 0. The Balaban J connectivity index is 1.65. The van der Waals surface area contributed by atoms with Gasteiger partial charge in [-0.3, -0.25) is 19.7 Å². The van der Waals surface area contributed by atoms with Crippen LogP contribution in [0, 0.1) is 18.8 Å². The molecule has 3 aromatic rings. The second kappa shape index (κ2) is 8.91. The number of rotatable bonds is 6. The number of nitrogens with zero attached hydrogens (tertiary/aromatic N) is 1. The molecule has 7 heteroatoms. The Bertz CT molecular complexity index is 1330. The number of amides is 2. The van der Waals surface area contributed by atoms with Gasteiger partial charge in [0.2, 0.25) is 11.8 Å². The van der Waals surface area contributed by atoms with Gasteiger partial charge in [-0.2, -0.15) is 0 Å². The first-order valence-electron chi connectivity index (χ1n) is 12.1. The molecule has 0 saturated carbocycles. The number of hydrogen-bond donors (Lipinski definition) is 3. The van der Waals surface area contributed by atoms with Crippen molar-refractivity contribution in [1.82, 2.24) is 5.32 Å². The summed E-state index contributed by atoms with van der Waals surface area (Å²) < 4.78 is 0. The Labute approximate surface area is 209 Å². The van der Waals surface area contributed by atoms with E-state index in [1.165, 1.54) is 12.1 Å². The minimum Gasteiger partial charge on any atom is -0.508 e. The normalized spacial score (nSPS) is 25.3. The smallest absolute Gasteiger partial charge is 0.325 e. The van der Waals surface area contributed by atoms with Gasteiger partial charge in [0, 0.05) is 12.5 Å². The molecule has 2 aliphatic rings. The summed E-state index contributed by atoms with van der Waals surface area (Å²) in [5, 5.41) is 23.5. The Morgan fingerprint density at radius 1 is 0.944 bits per heavy atom. The van der Waals surface area contributed by atoms with Crippen molar-refractivity contribution in [3.05, 3.63) is 95.1 Å². The zero-order chi connectivity index (χ0) is 25.6. The first-order chi connectivity index (χ1) is 17.3. The van der Waals surface area contributed by atoms with Gasteiger partial charge in [0.1, 0.15) is 11.3 Å². The first kappa shape index (κ1) is 23.8. The zero-order valence-electron chi connectivity index (χ0n) is 20.1. The molecule has 2 heterocycles. The van der Waals surface area contributed by atoms with Crippen molar-refractivity contribution in [2.24, 2.45) is 11.8 Å². The third-order valence-electron chi connectivity index (χ3n) is 7.58. The van der Waals surface area contributed by atoms with Gasteiger partial charge < -0.3 is 10.2 Å². The standard InChI is InChI=1S/C29H28N2O5/c1-3-18-8-12-20(13-9-18)31-26(33)23-24(27(31)34)29(28(35)36,16-19-10-14-21(32)15-11-19)30-25(23)22-7-5-4-6-17(22)2/h4-15,23-25,30,32H,3,16H2,1-2H3,(H,35,36). The lowest BCUT2D eigenvalue weighted by molar-refractivity contribution is -0.148. The monoisotopic (exact) mass is 484 g/mol. The van der Waals surface area contributed by atoms with Crippen LogP contribution in [0.25, 0.3) is 0 Å². The number of aromatic hydroxyl groups is 1. The molecule has 36 heavy (non-hydrogen) atoms. The zero-order valence-corrected chi connectivity index (χ0v) is 20.1. The first-order valence-corrected chi connectivity index (χ1v) is 12.1. The van der Waals surface area contributed by atoms with E-state index in [9.17, 15) is 24.6 Å². The van der Waals surface area contributed by atoms with Gasteiger partial charge in [0.05, 0.1) is 17.5 Å². The Morgan fingerprint density at radius 2 is 1.58 bits per heavy atom. The molecule has 0 aromatic heterocycles. The topological polar surface area (TPSA) is 107 Å². The van der Waals surface area contributed by atoms with Gasteiger partial charge in [0.15, 0.2) is 0 Å². The Morgan fingerprint density at radius 3 is 2.19 bits per heavy atom. The van der Waals surface area contributed by atoms with Crippen LogP contribution in [0.15, 0.2) is 72.8 Å². The molecule has 4 atom stereocenters. The highest BCUT2D eigenvalue weighted by molar-refractivity contribution is 6.24. The summed E-state index contributed by atoms with van der Waals surface area (Å²) in [6.07, 6.45) is 0.801. The lowest BCUT2D eigenvalue weighted by Gasteiger charge is -2.31. The van der Waals surface area contributed by atoms with E-state index in [1.807, 2.05) is 50.2 Å². The quantitative estimate of drug-likeness (QED) is 0.460. The molecule has 0 bridgehead atoms. The van der Waals surface area contributed by atoms with Crippen molar-refractivity contribution in [1.29, 1.82) is 0 Å². The number of phenolic OH excluding ortho intramolecular Hbond substituents is 1. The van der Waals surface area contributed by atoms with Crippen LogP contribution in [-0.4, -0.2) is 33.5 Å². The number of carbonyl (C=O) groups is 3. The van der Waals surface area contributed by atoms with Crippen LogP contribution >= 0.6 is 0 Å². The average molecular weight is 485 g/mol. The molecular weight excluding hydrogens is 456 g/mol. The van der Waals surface area contributed by atoms with Crippen LogP contribution in [-0.2, 0) is 27.2 Å². The molecule has 2 aliphatic heterocycles. The van der Waals surface area contributed by atoms with Gasteiger partial charge in [-0.15, -0.1) is 0 Å². The second-order valence-corrected chi connectivity index (χ2v) is 9.63. The van der Waals surface area contributed by atoms with Crippen molar-refractivity contribution >= 4 is 23.5 Å². The van der Waals surface area contributed by atoms with E-state index in [-0.39, 0.29) is 12.2 Å². The Kier molecular flexibility index (Phi) is 5.88. The number of benzene rings is 3. The maximum atomic E-state index is 13.9. The van der Waals surface area contributed by atoms with Gasteiger partial charge >= 0.3 is 5.97 Å². The van der Waals surface area contributed by atoms with Crippen LogP contribution in [0.3, 0.4) is 0 Å². The SMILES string of the molecule is CCc1ccc(N2C(=O)C3C(c4ccccc4C)NC(Cc4ccc(O)cc4)(C(=O)O)C3C2=O)cc1. The molecular formula is C29H28N2O5. The summed E-state index contributed by atoms with van der Waals surface area (Å²) in [5.41, 5.74) is 2.15. The highest BCUT2D eigenvalue weighted by Crippen LogP contribution is 2.51. The second-order valence-electron chi connectivity index (χ2n) is 9.63. The van der Waals surface area contributed by atoms with Gasteiger partial charge in [-0.05, 0) is 59.9 Å². The number of hydrogen-bond acceptors (Lipinski definition) is 5. The molecule has 0 spiro atoms. The number of carboxylic acid groups (broad SMARTS) is 1. The number of phenols is 1.